The van der Waals surface area contributed by atoms with Gasteiger partial charge in [-0.15, -0.1) is 12.4 Å². The second-order valence-electron chi connectivity index (χ2n) is 5.39. The zero-order valence-electron chi connectivity index (χ0n) is 11.6. The zero-order chi connectivity index (χ0) is 13.2. The van der Waals surface area contributed by atoms with Gasteiger partial charge in [-0.05, 0) is 30.9 Å². The number of nitrogens with one attached hydrogen (secondary N) is 2. The highest BCUT2D eigenvalue weighted by Gasteiger charge is 2.30. The van der Waals surface area contributed by atoms with Crippen molar-refractivity contribution < 1.29 is 9.53 Å². The first-order valence-electron chi connectivity index (χ1n) is 6.96. The summed E-state index contributed by atoms with van der Waals surface area (Å²) in [6.45, 7) is 3.53. The number of benzene rings is 1. The average molecular weight is 297 g/mol. The van der Waals surface area contributed by atoms with Gasteiger partial charge in [-0.1, -0.05) is 24.3 Å². The topological polar surface area (TPSA) is 50.4 Å². The molecule has 20 heavy (non-hydrogen) atoms. The van der Waals surface area contributed by atoms with Crippen molar-refractivity contribution in [2.45, 2.75) is 44.5 Å². The SMILES string of the molecule is CC1OCCC1NC(=O)C1Cc2ccccc2CN1.Cl. The summed E-state index contributed by atoms with van der Waals surface area (Å²) < 4.78 is 5.47. The van der Waals surface area contributed by atoms with E-state index in [0.29, 0.717) is 0 Å². The van der Waals surface area contributed by atoms with E-state index in [1.165, 1.54) is 11.1 Å². The Labute approximate surface area is 125 Å². The lowest BCUT2D eigenvalue weighted by atomic mass is 9.95. The van der Waals surface area contributed by atoms with Gasteiger partial charge < -0.3 is 15.4 Å². The molecule has 2 N–H and O–H groups in total. The first-order valence-corrected chi connectivity index (χ1v) is 6.96. The summed E-state index contributed by atoms with van der Waals surface area (Å²) in [5, 5.41) is 6.41. The van der Waals surface area contributed by atoms with E-state index in [1.807, 2.05) is 19.1 Å². The monoisotopic (exact) mass is 296 g/mol. The van der Waals surface area contributed by atoms with Gasteiger partial charge in [0.2, 0.25) is 5.91 Å². The first kappa shape index (κ1) is 15.3. The van der Waals surface area contributed by atoms with Crippen LogP contribution in [0.2, 0.25) is 0 Å². The molecule has 0 spiro atoms. The molecule has 1 saturated heterocycles. The van der Waals surface area contributed by atoms with E-state index in [9.17, 15) is 4.79 Å². The number of rotatable bonds is 2. The second-order valence-corrected chi connectivity index (χ2v) is 5.39. The highest BCUT2D eigenvalue weighted by Crippen LogP contribution is 2.17. The maximum absolute atomic E-state index is 12.3. The van der Waals surface area contributed by atoms with E-state index < -0.39 is 0 Å². The quantitative estimate of drug-likeness (QED) is 0.868. The minimum absolute atomic E-state index is 0. The predicted octanol–water partition coefficient (Wildman–Crippen LogP) is 1.42. The molecule has 2 aliphatic rings. The Kier molecular flexibility index (Phi) is 5.02. The number of carbonyl (C=O) groups excluding carboxylic acids is 1. The molecule has 1 aromatic carbocycles. The van der Waals surface area contributed by atoms with E-state index in [0.717, 1.165) is 26.0 Å². The van der Waals surface area contributed by atoms with Crippen molar-refractivity contribution in [1.82, 2.24) is 10.6 Å². The van der Waals surface area contributed by atoms with Gasteiger partial charge in [0, 0.05) is 13.2 Å². The van der Waals surface area contributed by atoms with Crippen LogP contribution in [0.1, 0.15) is 24.5 Å². The molecule has 3 unspecified atom stereocenters. The van der Waals surface area contributed by atoms with Crippen LogP contribution in [0.4, 0.5) is 0 Å². The van der Waals surface area contributed by atoms with Crippen molar-refractivity contribution in [3.05, 3.63) is 35.4 Å². The fourth-order valence-electron chi connectivity index (χ4n) is 2.84. The largest absolute Gasteiger partial charge is 0.376 e. The van der Waals surface area contributed by atoms with Gasteiger partial charge >= 0.3 is 0 Å². The standard InChI is InChI=1S/C15H20N2O2.ClH/c1-10-13(6-7-19-10)17-15(18)14-8-11-4-2-3-5-12(11)9-16-14;/h2-5,10,13-14,16H,6-9H2,1H3,(H,17,18);1H. The number of hydrogen-bond acceptors (Lipinski definition) is 3. The third kappa shape index (κ3) is 3.14. The molecule has 1 fully saturated rings. The molecule has 110 valence electrons. The van der Waals surface area contributed by atoms with Gasteiger partial charge in [0.05, 0.1) is 18.2 Å². The molecule has 0 aromatic heterocycles. The number of carbonyl (C=O) groups is 1. The summed E-state index contributed by atoms with van der Waals surface area (Å²) in [6.07, 6.45) is 1.81. The van der Waals surface area contributed by atoms with Crippen LogP contribution in [0, 0.1) is 0 Å². The highest BCUT2D eigenvalue weighted by atomic mass is 35.5. The summed E-state index contributed by atoms with van der Waals surface area (Å²) in [5.41, 5.74) is 2.57. The van der Waals surface area contributed by atoms with E-state index in [4.69, 9.17) is 4.74 Å². The number of ether oxygens (including phenoxy) is 1. The number of hydrogen-bond donors (Lipinski definition) is 2. The lowest BCUT2D eigenvalue weighted by molar-refractivity contribution is -0.124. The maximum Gasteiger partial charge on any atom is 0.237 e. The van der Waals surface area contributed by atoms with Crippen LogP contribution in [0.25, 0.3) is 0 Å². The van der Waals surface area contributed by atoms with Crippen molar-refractivity contribution >= 4 is 18.3 Å². The van der Waals surface area contributed by atoms with E-state index in [-0.39, 0.29) is 36.5 Å². The molecule has 0 aliphatic carbocycles. The van der Waals surface area contributed by atoms with Crippen molar-refractivity contribution in [2.24, 2.45) is 0 Å². The molecule has 2 aliphatic heterocycles. The molecule has 1 amide bonds. The molecule has 5 heteroatoms. The Morgan fingerprint density at radius 1 is 1.35 bits per heavy atom. The van der Waals surface area contributed by atoms with Crippen molar-refractivity contribution in [2.75, 3.05) is 6.61 Å². The molecular weight excluding hydrogens is 276 g/mol. The smallest absolute Gasteiger partial charge is 0.237 e. The molecule has 0 radical (unpaired) electrons. The van der Waals surface area contributed by atoms with E-state index in [2.05, 4.69) is 22.8 Å². The van der Waals surface area contributed by atoms with Gasteiger partial charge in [0.1, 0.15) is 0 Å². The van der Waals surface area contributed by atoms with Crippen LogP contribution >= 0.6 is 12.4 Å². The zero-order valence-corrected chi connectivity index (χ0v) is 12.4. The minimum atomic E-state index is -0.123. The Hall–Kier alpha value is -1.10. The lowest BCUT2D eigenvalue weighted by Crippen LogP contribution is -2.51. The molecule has 0 bridgehead atoms. The number of amides is 1. The molecule has 3 atom stereocenters. The molecule has 1 aromatic rings. The van der Waals surface area contributed by atoms with E-state index >= 15 is 0 Å². The minimum Gasteiger partial charge on any atom is -0.376 e. The van der Waals surface area contributed by atoms with Crippen molar-refractivity contribution in [3.8, 4) is 0 Å². The highest BCUT2D eigenvalue weighted by molar-refractivity contribution is 5.85. The van der Waals surface area contributed by atoms with Crippen LogP contribution in [0.15, 0.2) is 24.3 Å². The fraction of sp³-hybridized carbons (Fsp3) is 0.533. The molecule has 3 rings (SSSR count). The van der Waals surface area contributed by atoms with E-state index in [1.54, 1.807) is 0 Å². The Bertz CT molecular complexity index is 481. The Morgan fingerprint density at radius 2 is 2.10 bits per heavy atom. The first-order chi connectivity index (χ1) is 9.24. The third-order valence-corrected chi connectivity index (χ3v) is 4.10. The fourth-order valence-corrected chi connectivity index (χ4v) is 2.84. The summed E-state index contributed by atoms with van der Waals surface area (Å²) in [6, 6.07) is 8.33. The third-order valence-electron chi connectivity index (χ3n) is 4.10. The van der Waals surface area contributed by atoms with Crippen molar-refractivity contribution in [3.63, 3.8) is 0 Å². The van der Waals surface area contributed by atoms with Crippen LogP contribution in [-0.4, -0.2) is 30.7 Å². The van der Waals surface area contributed by atoms with Gasteiger partial charge in [-0.2, -0.15) is 0 Å². The van der Waals surface area contributed by atoms with Gasteiger partial charge in [0.15, 0.2) is 0 Å². The summed E-state index contributed by atoms with van der Waals surface area (Å²) >= 11 is 0. The molecular formula is C15H21ClN2O2. The molecule has 0 saturated carbocycles. The van der Waals surface area contributed by atoms with Crippen molar-refractivity contribution in [1.29, 1.82) is 0 Å². The summed E-state index contributed by atoms with van der Waals surface area (Å²) in [5.74, 6) is 0.0943. The number of halogens is 1. The van der Waals surface area contributed by atoms with Crippen LogP contribution in [0.5, 0.6) is 0 Å². The van der Waals surface area contributed by atoms with Crippen LogP contribution < -0.4 is 10.6 Å². The van der Waals surface area contributed by atoms with Gasteiger partial charge in [-0.3, -0.25) is 4.79 Å². The maximum atomic E-state index is 12.3. The lowest BCUT2D eigenvalue weighted by Gasteiger charge is -2.27. The predicted molar refractivity (Wildman–Crippen MR) is 80.0 cm³/mol. The normalized spacial score (nSPS) is 28.4. The Balaban J connectivity index is 0.00000147. The molecule has 2 heterocycles. The van der Waals surface area contributed by atoms with Gasteiger partial charge in [-0.25, -0.2) is 0 Å². The second kappa shape index (κ2) is 6.57. The average Bonchev–Trinajstić information content (AvgIpc) is 2.84. The Morgan fingerprint density at radius 3 is 2.80 bits per heavy atom. The van der Waals surface area contributed by atoms with Crippen LogP contribution in [0.3, 0.4) is 0 Å². The summed E-state index contributed by atoms with van der Waals surface area (Å²) in [7, 11) is 0. The van der Waals surface area contributed by atoms with Gasteiger partial charge in [0.25, 0.3) is 0 Å². The number of fused-ring (bicyclic) bond motifs is 1. The van der Waals surface area contributed by atoms with Crippen LogP contribution in [-0.2, 0) is 22.5 Å². The summed E-state index contributed by atoms with van der Waals surface area (Å²) in [4.78, 5) is 12.3. The molecule has 4 nitrogen and oxygen atoms in total.